The van der Waals surface area contributed by atoms with Gasteiger partial charge >= 0.3 is 0 Å². The fourth-order valence-corrected chi connectivity index (χ4v) is 9.36. The van der Waals surface area contributed by atoms with E-state index < -0.39 is 0 Å². The van der Waals surface area contributed by atoms with Crippen molar-refractivity contribution in [3.63, 3.8) is 0 Å². The lowest BCUT2D eigenvalue weighted by Crippen LogP contribution is -2.15. The van der Waals surface area contributed by atoms with Crippen molar-refractivity contribution in [1.82, 2.24) is 15.0 Å². The molecule has 0 saturated carbocycles. The number of nitrogens with zero attached hydrogens (tertiary/aromatic N) is 3. The van der Waals surface area contributed by atoms with Crippen LogP contribution in [0, 0.1) is 0 Å². The van der Waals surface area contributed by atoms with Crippen LogP contribution < -0.4 is 9.47 Å². The molecule has 0 fully saturated rings. The summed E-state index contributed by atoms with van der Waals surface area (Å²) >= 11 is 0. The van der Waals surface area contributed by atoms with Crippen molar-refractivity contribution in [2.24, 2.45) is 0 Å². The standard InChI is InChI=1S/C54H35N3O2/c1-54(2)44-25-13-12-23-42(44)48-45(54)29-30-47-50(48)59-46-26-14-24-40(49(46)58-47)38-21-10-11-22-41(38)53-56-51(32-15-4-3-5-16-32)55-52(57-53)33-27-28-39-36-19-7-6-17-34(36)35-18-8-9-20-37(35)43(39)31-33/h3-31H,1-2H3. The predicted molar refractivity (Wildman–Crippen MR) is 238 cm³/mol. The van der Waals surface area contributed by atoms with Crippen molar-refractivity contribution in [2.45, 2.75) is 19.3 Å². The summed E-state index contributed by atoms with van der Waals surface area (Å²) in [5.41, 5.74) is 9.16. The molecule has 0 N–H and O–H groups in total. The van der Waals surface area contributed by atoms with Gasteiger partial charge in [0.25, 0.3) is 0 Å². The molecule has 1 aliphatic heterocycles. The molecule has 0 radical (unpaired) electrons. The molecule has 10 aromatic rings. The molecule has 12 rings (SSSR count). The predicted octanol–water partition coefficient (Wildman–Crippen LogP) is 14.2. The number of ether oxygens (including phenoxy) is 2. The van der Waals surface area contributed by atoms with E-state index in [1.54, 1.807) is 0 Å². The molecule has 278 valence electrons. The van der Waals surface area contributed by atoms with Crippen LogP contribution in [0.25, 0.3) is 88.7 Å². The third-order valence-electron chi connectivity index (χ3n) is 12.2. The highest BCUT2D eigenvalue weighted by Gasteiger charge is 2.40. The zero-order valence-corrected chi connectivity index (χ0v) is 32.4. The van der Waals surface area contributed by atoms with Crippen molar-refractivity contribution < 1.29 is 9.47 Å². The van der Waals surface area contributed by atoms with Crippen LogP contribution in [0.15, 0.2) is 176 Å². The largest absolute Gasteiger partial charge is 0.449 e. The molecule has 1 aliphatic carbocycles. The number of para-hydroxylation sites is 1. The monoisotopic (exact) mass is 757 g/mol. The maximum Gasteiger partial charge on any atom is 0.178 e. The first kappa shape index (κ1) is 33.5. The Labute approximate surface area is 341 Å². The van der Waals surface area contributed by atoms with Crippen molar-refractivity contribution in [3.05, 3.63) is 187 Å². The van der Waals surface area contributed by atoms with Gasteiger partial charge in [-0.15, -0.1) is 0 Å². The molecule has 0 amide bonds. The van der Waals surface area contributed by atoms with E-state index in [1.807, 2.05) is 60.7 Å². The van der Waals surface area contributed by atoms with E-state index in [0.717, 1.165) is 44.5 Å². The van der Waals surface area contributed by atoms with Crippen LogP contribution in [-0.2, 0) is 5.41 Å². The van der Waals surface area contributed by atoms with E-state index in [-0.39, 0.29) is 5.41 Å². The molecule has 9 aromatic carbocycles. The van der Waals surface area contributed by atoms with Gasteiger partial charge < -0.3 is 9.47 Å². The van der Waals surface area contributed by atoms with Gasteiger partial charge in [-0.05, 0) is 72.8 Å². The topological polar surface area (TPSA) is 57.1 Å². The first-order valence-corrected chi connectivity index (χ1v) is 20.0. The van der Waals surface area contributed by atoms with Gasteiger partial charge in [-0.3, -0.25) is 0 Å². The van der Waals surface area contributed by atoms with Gasteiger partial charge in [-0.2, -0.15) is 0 Å². The van der Waals surface area contributed by atoms with Crippen molar-refractivity contribution >= 4 is 32.3 Å². The Morgan fingerprint density at radius 2 is 0.898 bits per heavy atom. The van der Waals surface area contributed by atoms with Crippen molar-refractivity contribution in [2.75, 3.05) is 0 Å². The van der Waals surface area contributed by atoms with Crippen LogP contribution in [-0.4, -0.2) is 15.0 Å². The summed E-state index contributed by atoms with van der Waals surface area (Å²) in [6.45, 7) is 4.55. The molecule has 2 aliphatic rings. The molecule has 0 atom stereocenters. The molecule has 0 unspecified atom stereocenters. The normalized spacial score (nSPS) is 13.3. The van der Waals surface area contributed by atoms with E-state index in [0.29, 0.717) is 34.7 Å². The summed E-state index contributed by atoms with van der Waals surface area (Å²) in [5, 5.41) is 7.24. The molecule has 1 aromatic heterocycles. The fraction of sp³-hybridized carbons (Fsp3) is 0.0556. The lowest BCUT2D eigenvalue weighted by Gasteiger charge is -2.26. The van der Waals surface area contributed by atoms with Crippen LogP contribution in [0.4, 0.5) is 0 Å². The molecule has 2 heterocycles. The smallest absolute Gasteiger partial charge is 0.178 e. The van der Waals surface area contributed by atoms with Crippen LogP contribution in [0.2, 0.25) is 0 Å². The average Bonchev–Trinajstić information content (AvgIpc) is 3.54. The zero-order chi connectivity index (χ0) is 39.2. The molecular formula is C54H35N3O2. The van der Waals surface area contributed by atoms with Gasteiger partial charge in [-0.1, -0.05) is 172 Å². The molecule has 0 saturated heterocycles. The second-order valence-corrected chi connectivity index (χ2v) is 15.9. The lowest BCUT2D eigenvalue weighted by atomic mass is 9.82. The summed E-state index contributed by atoms with van der Waals surface area (Å²) < 4.78 is 13.7. The summed E-state index contributed by atoms with van der Waals surface area (Å²) in [7, 11) is 0. The number of benzene rings is 9. The SMILES string of the molecule is CC1(C)c2ccccc2-c2c1ccc1c2Oc2cccc(-c3ccccc3-c3nc(-c4ccccc4)nc(-c4ccc5c6ccccc6c6ccccc6c5c4)n3)c2O1. The Bertz CT molecular complexity index is 3340. The minimum atomic E-state index is -0.150. The van der Waals surface area contributed by atoms with Gasteiger partial charge in [0.1, 0.15) is 0 Å². The van der Waals surface area contributed by atoms with Gasteiger partial charge in [0, 0.05) is 33.2 Å². The van der Waals surface area contributed by atoms with Crippen LogP contribution in [0.1, 0.15) is 25.0 Å². The molecule has 0 bridgehead atoms. The van der Waals surface area contributed by atoms with E-state index in [2.05, 4.69) is 129 Å². The highest BCUT2D eigenvalue weighted by molar-refractivity contribution is 6.25. The Balaban J connectivity index is 1.02. The van der Waals surface area contributed by atoms with Crippen LogP contribution in [0.3, 0.4) is 0 Å². The second kappa shape index (κ2) is 12.7. The maximum absolute atomic E-state index is 6.88. The van der Waals surface area contributed by atoms with Crippen LogP contribution >= 0.6 is 0 Å². The summed E-state index contributed by atoms with van der Waals surface area (Å²) in [6.07, 6.45) is 0. The zero-order valence-electron chi connectivity index (χ0n) is 32.4. The van der Waals surface area contributed by atoms with E-state index in [4.69, 9.17) is 24.4 Å². The van der Waals surface area contributed by atoms with E-state index in [9.17, 15) is 0 Å². The van der Waals surface area contributed by atoms with Gasteiger partial charge in [0.05, 0.1) is 0 Å². The average molecular weight is 758 g/mol. The Kier molecular flexibility index (Phi) is 7.20. The molecule has 5 nitrogen and oxygen atoms in total. The summed E-state index contributed by atoms with van der Waals surface area (Å²) in [6, 6.07) is 61.1. The second-order valence-electron chi connectivity index (χ2n) is 15.9. The van der Waals surface area contributed by atoms with Crippen molar-refractivity contribution in [1.29, 1.82) is 0 Å². The Morgan fingerprint density at radius 3 is 1.64 bits per heavy atom. The molecule has 5 heteroatoms. The molecule has 0 spiro atoms. The van der Waals surface area contributed by atoms with Gasteiger partial charge in [0.15, 0.2) is 40.5 Å². The first-order valence-electron chi connectivity index (χ1n) is 20.0. The Morgan fingerprint density at radius 1 is 0.356 bits per heavy atom. The number of hydrogen-bond acceptors (Lipinski definition) is 5. The minimum Gasteiger partial charge on any atom is -0.449 e. The number of rotatable bonds is 4. The Hall–Kier alpha value is -7.63. The van der Waals surface area contributed by atoms with E-state index >= 15 is 0 Å². The lowest BCUT2D eigenvalue weighted by molar-refractivity contribution is 0.361. The van der Waals surface area contributed by atoms with Gasteiger partial charge in [-0.25, -0.2) is 15.0 Å². The number of aromatic nitrogens is 3. The van der Waals surface area contributed by atoms with Crippen LogP contribution in [0.5, 0.6) is 23.0 Å². The minimum absolute atomic E-state index is 0.150. The fourth-order valence-electron chi connectivity index (χ4n) is 9.36. The molecular weight excluding hydrogens is 723 g/mol. The quantitative estimate of drug-likeness (QED) is 0.167. The third-order valence-corrected chi connectivity index (χ3v) is 12.2. The van der Waals surface area contributed by atoms with Crippen molar-refractivity contribution in [3.8, 4) is 79.4 Å². The summed E-state index contributed by atoms with van der Waals surface area (Å²) in [5.74, 6) is 4.54. The third kappa shape index (κ3) is 5.08. The van der Waals surface area contributed by atoms with E-state index in [1.165, 1.54) is 43.6 Å². The number of hydrogen-bond donors (Lipinski definition) is 0. The van der Waals surface area contributed by atoms with Gasteiger partial charge in [0.2, 0.25) is 0 Å². The highest BCUT2D eigenvalue weighted by atomic mass is 16.6. The highest BCUT2D eigenvalue weighted by Crippen LogP contribution is 2.59. The number of fused-ring (bicyclic) bond motifs is 12. The molecule has 59 heavy (non-hydrogen) atoms. The summed E-state index contributed by atoms with van der Waals surface area (Å²) in [4.78, 5) is 15.6. The first-order chi connectivity index (χ1) is 29.0. The maximum atomic E-state index is 6.88.